The van der Waals surface area contributed by atoms with E-state index in [0.717, 1.165) is 33.8 Å². The SMILES string of the molecule is COc1ccc(C)cc1Cc1c(N)ccnc1-c1ccccc1. The van der Waals surface area contributed by atoms with Gasteiger partial charge < -0.3 is 10.5 Å². The number of rotatable bonds is 4. The third-order valence-electron chi connectivity index (χ3n) is 3.94. The summed E-state index contributed by atoms with van der Waals surface area (Å²) in [6.45, 7) is 2.08. The van der Waals surface area contributed by atoms with Gasteiger partial charge in [0, 0.05) is 29.4 Å². The molecule has 3 rings (SSSR count). The first-order valence-electron chi connectivity index (χ1n) is 7.61. The highest BCUT2D eigenvalue weighted by atomic mass is 16.5. The van der Waals surface area contributed by atoms with Crippen LogP contribution in [0.1, 0.15) is 16.7 Å². The molecule has 0 bridgehead atoms. The summed E-state index contributed by atoms with van der Waals surface area (Å²) < 4.78 is 5.50. The van der Waals surface area contributed by atoms with E-state index in [1.165, 1.54) is 5.56 Å². The van der Waals surface area contributed by atoms with Crippen LogP contribution in [0, 0.1) is 6.92 Å². The van der Waals surface area contributed by atoms with Crippen LogP contribution < -0.4 is 10.5 Å². The maximum Gasteiger partial charge on any atom is 0.122 e. The van der Waals surface area contributed by atoms with Crippen molar-refractivity contribution in [1.29, 1.82) is 0 Å². The first-order chi connectivity index (χ1) is 11.2. The van der Waals surface area contributed by atoms with E-state index in [1.807, 2.05) is 36.4 Å². The van der Waals surface area contributed by atoms with Gasteiger partial charge in [0.2, 0.25) is 0 Å². The Morgan fingerprint density at radius 3 is 2.57 bits per heavy atom. The maximum absolute atomic E-state index is 6.26. The van der Waals surface area contributed by atoms with Gasteiger partial charge in [-0.25, -0.2) is 0 Å². The molecule has 0 aliphatic heterocycles. The van der Waals surface area contributed by atoms with Crippen LogP contribution >= 0.6 is 0 Å². The van der Waals surface area contributed by atoms with Crippen LogP contribution in [0.25, 0.3) is 11.3 Å². The number of hydrogen-bond acceptors (Lipinski definition) is 3. The molecular weight excluding hydrogens is 284 g/mol. The van der Waals surface area contributed by atoms with Gasteiger partial charge in [-0.3, -0.25) is 4.98 Å². The molecule has 0 saturated heterocycles. The Morgan fingerprint density at radius 1 is 1.04 bits per heavy atom. The molecule has 3 aromatic rings. The number of nitrogens with zero attached hydrogens (tertiary/aromatic N) is 1. The molecule has 0 radical (unpaired) electrons. The van der Waals surface area contributed by atoms with Crippen LogP contribution in [0.2, 0.25) is 0 Å². The standard InChI is InChI=1S/C20H20N2O/c1-14-8-9-19(23-2)16(12-14)13-17-18(21)10-11-22-20(17)15-6-4-3-5-7-15/h3-12H,13H2,1-2H3,(H2,21,22). The van der Waals surface area contributed by atoms with Crippen molar-refractivity contribution in [2.45, 2.75) is 13.3 Å². The molecule has 0 aliphatic carbocycles. The predicted octanol–water partition coefficient (Wildman–Crippen LogP) is 4.24. The van der Waals surface area contributed by atoms with Crippen molar-refractivity contribution in [3.8, 4) is 17.0 Å². The monoisotopic (exact) mass is 304 g/mol. The lowest BCUT2D eigenvalue weighted by Gasteiger charge is -2.14. The van der Waals surface area contributed by atoms with E-state index < -0.39 is 0 Å². The third-order valence-corrected chi connectivity index (χ3v) is 3.94. The Labute approximate surface area is 136 Å². The second kappa shape index (κ2) is 6.53. The quantitative estimate of drug-likeness (QED) is 0.784. The van der Waals surface area contributed by atoms with Crippen molar-refractivity contribution in [1.82, 2.24) is 4.98 Å². The molecule has 2 aromatic carbocycles. The van der Waals surface area contributed by atoms with E-state index in [1.54, 1.807) is 13.3 Å². The molecule has 23 heavy (non-hydrogen) atoms. The lowest BCUT2D eigenvalue weighted by Crippen LogP contribution is -2.02. The molecule has 116 valence electrons. The van der Waals surface area contributed by atoms with Crippen LogP contribution in [0.15, 0.2) is 60.8 Å². The molecule has 0 unspecified atom stereocenters. The zero-order chi connectivity index (χ0) is 16.2. The number of nitrogen functional groups attached to an aromatic ring is 1. The number of aryl methyl sites for hydroxylation is 1. The fourth-order valence-electron chi connectivity index (χ4n) is 2.77. The summed E-state index contributed by atoms with van der Waals surface area (Å²) in [5.74, 6) is 0.873. The lowest BCUT2D eigenvalue weighted by atomic mass is 9.96. The van der Waals surface area contributed by atoms with E-state index in [0.29, 0.717) is 6.42 Å². The number of aromatic nitrogens is 1. The Kier molecular flexibility index (Phi) is 4.29. The molecule has 0 atom stereocenters. The van der Waals surface area contributed by atoms with Gasteiger partial charge in [-0.1, -0.05) is 48.0 Å². The minimum Gasteiger partial charge on any atom is -0.496 e. The third kappa shape index (κ3) is 3.19. The second-order valence-electron chi connectivity index (χ2n) is 5.59. The van der Waals surface area contributed by atoms with Gasteiger partial charge in [0.05, 0.1) is 12.8 Å². The summed E-state index contributed by atoms with van der Waals surface area (Å²) in [5.41, 5.74) is 12.3. The maximum atomic E-state index is 6.26. The van der Waals surface area contributed by atoms with E-state index in [-0.39, 0.29) is 0 Å². The molecule has 0 amide bonds. The highest BCUT2D eigenvalue weighted by Gasteiger charge is 2.13. The molecule has 0 saturated carbocycles. The Morgan fingerprint density at radius 2 is 1.83 bits per heavy atom. The van der Waals surface area contributed by atoms with Crippen molar-refractivity contribution in [2.75, 3.05) is 12.8 Å². The molecule has 0 aliphatic rings. The molecule has 3 nitrogen and oxygen atoms in total. The topological polar surface area (TPSA) is 48.1 Å². The Bertz CT molecular complexity index is 813. The van der Waals surface area contributed by atoms with Crippen LogP contribution in [0.5, 0.6) is 5.75 Å². The summed E-state index contributed by atoms with van der Waals surface area (Å²) in [4.78, 5) is 4.56. The number of pyridine rings is 1. The van der Waals surface area contributed by atoms with Gasteiger partial charge >= 0.3 is 0 Å². The molecule has 1 aromatic heterocycles. The van der Waals surface area contributed by atoms with Crippen molar-refractivity contribution in [2.24, 2.45) is 0 Å². The number of methoxy groups -OCH3 is 1. The second-order valence-corrected chi connectivity index (χ2v) is 5.59. The normalized spacial score (nSPS) is 10.5. The Hall–Kier alpha value is -2.81. The van der Waals surface area contributed by atoms with Crippen molar-refractivity contribution >= 4 is 5.69 Å². The van der Waals surface area contributed by atoms with Crippen molar-refractivity contribution in [3.63, 3.8) is 0 Å². The largest absolute Gasteiger partial charge is 0.496 e. The van der Waals surface area contributed by atoms with Crippen LogP contribution in [0.4, 0.5) is 5.69 Å². The zero-order valence-corrected chi connectivity index (χ0v) is 13.4. The van der Waals surface area contributed by atoms with E-state index >= 15 is 0 Å². The van der Waals surface area contributed by atoms with Gasteiger partial charge in [-0.15, -0.1) is 0 Å². The smallest absolute Gasteiger partial charge is 0.122 e. The fraction of sp³-hybridized carbons (Fsp3) is 0.150. The van der Waals surface area contributed by atoms with E-state index in [9.17, 15) is 0 Å². The number of nitrogens with two attached hydrogens (primary N) is 1. The first-order valence-corrected chi connectivity index (χ1v) is 7.61. The number of hydrogen-bond donors (Lipinski definition) is 1. The van der Waals surface area contributed by atoms with Crippen molar-refractivity contribution in [3.05, 3.63) is 77.5 Å². The fourth-order valence-corrected chi connectivity index (χ4v) is 2.77. The van der Waals surface area contributed by atoms with Gasteiger partial charge in [-0.05, 0) is 24.6 Å². The van der Waals surface area contributed by atoms with Crippen LogP contribution in [0.3, 0.4) is 0 Å². The summed E-state index contributed by atoms with van der Waals surface area (Å²) in [5, 5.41) is 0. The van der Waals surface area contributed by atoms with Gasteiger partial charge in [0.1, 0.15) is 5.75 Å². The molecule has 0 spiro atoms. The van der Waals surface area contributed by atoms with Crippen LogP contribution in [-0.4, -0.2) is 12.1 Å². The first kappa shape index (κ1) is 15.1. The number of anilines is 1. The average Bonchev–Trinajstić information content (AvgIpc) is 2.58. The molecule has 1 heterocycles. The number of benzene rings is 2. The summed E-state index contributed by atoms with van der Waals surface area (Å²) in [6.07, 6.45) is 2.45. The summed E-state index contributed by atoms with van der Waals surface area (Å²) in [6, 6.07) is 18.2. The highest BCUT2D eigenvalue weighted by molar-refractivity contribution is 5.70. The average molecular weight is 304 g/mol. The van der Waals surface area contributed by atoms with Gasteiger partial charge in [0.25, 0.3) is 0 Å². The molecule has 2 N–H and O–H groups in total. The molecule has 0 fully saturated rings. The molecular formula is C20H20N2O. The minimum atomic E-state index is 0.689. The van der Waals surface area contributed by atoms with E-state index in [2.05, 4.69) is 30.1 Å². The molecule has 3 heteroatoms. The van der Waals surface area contributed by atoms with Crippen molar-refractivity contribution < 1.29 is 4.74 Å². The van der Waals surface area contributed by atoms with Gasteiger partial charge in [0.15, 0.2) is 0 Å². The van der Waals surface area contributed by atoms with Gasteiger partial charge in [-0.2, -0.15) is 0 Å². The lowest BCUT2D eigenvalue weighted by molar-refractivity contribution is 0.410. The summed E-state index contributed by atoms with van der Waals surface area (Å²) >= 11 is 0. The number of ether oxygens (including phenoxy) is 1. The van der Waals surface area contributed by atoms with Crippen LogP contribution in [-0.2, 0) is 6.42 Å². The zero-order valence-electron chi connectivity index (χ0n) is 13.4. The predicted molar refractivity (Wildman–Crippen MR) is 94.6 cm³/mol. The van der Waals surface area contributed by atoms with E-state index in [4.69, 9.17) is 10.5 Å². The Balaban J connectivity index is 2.09. The minimum absolute atomic E-state index is 0.689. The highest BCUT2D eigenvalue weighted by Crippen LogP contribution is 2.30. The summed E-state index contributed by atoms with van der Waals surface area (Å²) in [7, 11) is 1.69.